The van der Waals surface area contributed by atoms with Gasteiger partial charge < -0.3 is 4.98 Å². The number of halogens is 1. The van der Waals surface area contributed by atoms with E-state index in [4.69, 9.17) is 16.6 Å². The van der Waals surface area contributed by atoms with Crippen LogP contribution < -0.4 is 5.56 Å². The maximum absolute atomic E-state index is 12.7. The molecule has 0 bridgehead atoms. The Morgan fingerprint density at radius 2 is 2.04 bits per heavy atom. The van der Waals surface area contributed by atoms with E-state index in [1.54, 1.807) is 23.5 Å². The minimum atomic E-state index is -0.0413. The third kappa shape index (κ3) is 2.66. The number of thiophene rings is 1. The van der Waals surface area contributed by atoms with Gasteiger partial charge in [-0.25, -0.2) is 4.98 Å². The Morgan fingerprint density at radius 3 is 2.75 bits per heavy atom. The van der Waals surface area contributed by atoms with Gasteiger partial charge in [-0.05, 0) is 50.1 Å². The molecule has 4 rings (SSSR count). The SMILES string of the molecule is CC(C)N1CCc2c(sc3nc(-c4ccc(Cl)cc4)[nH]c(=O)c23)C1. The zero-order valence-electron chi connectivity index (χ0n) is 13.6. The molecular weight excluding hydrogens is 342 g/mol. The monoisotopic (exact) mass is 359 g/mol. The van der Waals surface area contributed by atoms with Crippen molar-refractivity contribution in [3.8, 4) is 11.4 Å². The van der Waals surface area contributed by atoms with Crippen LogP contribution in [0.3, 0.4) is 0 Å². The van der Waals surface area contributed by atoms with Crippen molar-refractivity contribution in [2.24, 2.45) is 0 Å². The molecule has 4 nitrogen and oxygen atoms in total. The first kappa shape index (κ1) is 15.8. The lowest BCUT2D eigenvalue weighted by atomic mass is 10.0. The molecule has 124 valence electrons. The van der Waals surface area contributed by atoms with E-state index in [0.29, 0.717) is 16.9 Å². The predicted molar refractivity (Wildman–Crippen MR) is 99.9 cm³/mol. The molecule has 3 heterocycles. The Labute approximate surface area is 149 Å². The average Bonchev–Trinajstić information content (AvgIpc) is 2.93. The van der Waals surface area contributed by atoms with Gasteiger partial charge in [0.15, 0.2) is 0 Å². The van der Waals surface area contributed by atoms with Crippen LogP contribution in [-0.4, -0.2) is 27.5 Å². The summed E-state index contributed by atoms with van der Waals surface area (Å²) in [6.07, 6.45) is 0.915. The van der Waals surface area contributed by atoms with Crippen LogP contribution >= 0.6 is 22.9 Å². The number of hydrogen-bond donors (Lipinski definition) is 1. The number of aromatic nitrogens is 2. The molecule has 0 radical (unpaired) electrons. The van der Waals surface area contributed by atoms with Crippen molar-refractivity contribution in [1.29, 1.82) is 0 Å². The smallest absolute Gasteiger partial charge is 0.260 e. The summed E-state index contributed by atoms with van der Waals surface area (Å²) in [5.41, 5.74) is 2.01. The van der Waals surface area contributed by atoms with Gasteiger partial charge in [0.2, 0.25) is 0 Å². The first-order valence-electron chi connectivity index (χ1n) is 8.07. The molecule has 0 atom stereocenters. The maximum atomic E-state index is 12.7. The summed E-state index contributed by atoms with van der Waals surface area (Å²) in [7, 11) is 0. The molecule has 1 aliphatic rings. The van der Waals surface area contributed by atoms with Gasteiger partial charge in [0.05, 0.1) is 5.39 Å². The summed E-state index contributed by atoms with van der Waals surface area (Å²) in [4.78, 5) is 24.9. The van der Waals surface area contributed by atoms with Gasteiger partial charge in [0.25, 0.3) is 5.56 Å². The van der Waals surface area contributed by atoms with Crippen molar-refractivity contribution in [1.82, 2.24) is 14.9 Å². The highest BCUT2D eigenvalue weighted by molar-refractivity contribution is 7.18. The van der Waals surface area contributed by atoms with E-state index in [2.05, 4.69) is 23.7 Å². The first-order valence-corrected chi connectivity index (χ1v) is 9.27. The molecule has 3 aromatic rings. The Balaban J connectivity index is 1.83. The van der Waals surface area contributed by atoms with Crippen LogP contribution in [0.5, 0.6) is 0 Å². The fourth-order valence-electron chi connectivity index (χ4n) is 3.21. The molecule has 6 heteroatoms. The second-order valence-electron chi connectivity index (χ2n) is 6.42. The van der Waals surface area contributed by atoms with E-state index < -0.39 is 0 Å². The third-order valence-electron chi connectivity index (χ3n) is 4.59. The molecular formula is C18H18ClN3OS. The Kier molecular flexibility index (Phi) is 3.95. The standard InChI is InChI=1S/C18H18ClN3OS/c1-10(2)22-8-7-13-14(9-22)24-18-15(13)17(23)20-16(21-18)11-3-5-12(19)6-4-11/h3-6,10H,7-9H2,1-2H3,(H,20,21,23). The summed E-state index contributed by atoms with van der Waals surface area (Å²) < 4.78 is 0. The summed E-state index contributed by atoms with van der Waals surface area (Å²) in [6.45, 7) is 6.32. The van der Waals surface area contributed by atoms with E-state index in [-0.39, 0.29) is 5.56 Å². The highest BCUT2D eigenvalue weighted by Gasteiger charge is 2.24. The average molecular weight is 360 g/mol. The van der Waals surface area contributed by atoms with E-state index in [0.717, 1.165) is 35.3 Å². The number of benzene rings is 1. The molecule has 0 aliphatic carbocycles. The maximum Gasteiger partial charge on any atom is 0.260 e. The van der Waals surface area contributed by atoms with E-state index in [9.17, 15) is 4.79 Å². The second-order valence-corrected chi connectivity index (χ2v) is 7.94. The summed E-state index contributed by atoms with van der Waals surface area (Å²) in [5, 5.41) is 1.44. The number of fused-ring (bicyclic) bond motifs is 3. The van der Waals surface area contributed by atoms with Crippen molar-refractivity contribution < 1.29 is 0 Å². The number of nitrogens with zero attached hydrogens (tertiary/aromatic N) is 2. The zero-order valence-corrected chi connectivity index (χ0v) is 15.2. The number of H-pyrrole nitrogens is 1. The Hall–Kier alpha value is -1.69. The summed E-state index contributed by atoms with van der Waals surface area (Å²) in [6, 6.07) is 7.88. The quantitative estimate of drug-likeness (QED) is 0.750. The minimum Gasteiger partial charge on any atom is -0.306 e. The van der Waals surface area contributed by atoms with E-state index in [1.807, 2.05) is 12.1 Å². The van der Waals surface area contributed by atoms with E-state index in [1.165, 1.54) is 10.4 Å². The molecule has 2 aromatic heterocycles. The van der Waals surface area contributed by atoms with Crippen LogP contribution in [0.15, 0.2) is 29.1 Å². The van der Waals surface area contributed by atoms with Gasteiger partial charge in [-0.3, -0.25) is 9.69 Å². The van der Waals surface area contributed by atoms with Gasteiger partial charge in [-0.15, -0.1) is 11.3 Å². The van der Waals surface area contributed by atoms with Crippen LogP contribution in [0.2, 0.25) is 5.02 Å². The van der Waals surface area contributed by atoms with Gasteiger partial charge in [-0.1, -0.05) is 11.6 Å². The third-order valence-corrected chi connectivity index (χ3v) is 5.95. The summed E-state index contributed by atoms with van der Waals surface area (Å²) >= 11 is 7.59. The van der Waals surface area contributed by atoms with Crippen molar-refractivity contribution in [3.63, 3.8) is 0 Å². The Bertz CT molecular complexity index is 959. The highest BCUT2D eigenvalue weighted by atomic mass is 35.5. The number of nitrogens with one attached hydrogen (secondary N) is 1. The van der Waals surface area contributed by atoms with Crippen molar-refractivity contribution in [2.75, 3.05) is 6.54 Å². The molecule has 1 aromatic carbocycles. The van der Waals surface area contributed by atoms with Crippen LogP contribution in [0.25, 0.3) is 21.6 Å². The molecule has 0 fully saturated rings. The molecule has 0 saturated heterocycles. The first-order chi connectivity index (χ1) is 11.5. The second kappa shape index (κ2) is 5.99. The van der Waals surface area contributed by atoms with Crippen LogP contribution in [0, 0.1) is 0 Å². The molecule has 24 heavy (non-hydrogen) atoms. The summed E-state index contributed by atoms with van der Waals surface area (Å²) in [5.74, 6) is 0.600. The fourth-order valence-corrected chi connectivity index (χ4v) is 4.58. The molecule has 0 spiro atoms. The lowest BCUT2D eigenvalue weighted by molar-refractivity contribution is 0.206. The van der Waals surface area contributed by atoms with Gasteiger partial charge in [-0.2, -0.15) is 0 Å². The van der Waals surface area contributed by atoms with Crippen molar-refractivity contribution in [2.45, 2.75) is 32.9 Å². The number of hydrogen-bond acceptors (Lipinski definition) is 4. The van der Waals surface area contributed by atoms with Gasteiger partial charge in [0, 0.05) is 34.6 Å². The molecule has 0 saturated carbocycles. The van der Waals surface area contributed by atoms with Crippen LogP contribution in [0.1, 0.15) is 24.3 Å². The Morgan fingerprint density at radius 1 is 1.29 bits per heavy atom. The van der Waals surface area contributed by atoms with Crippen molar-refractivity contribution >= 4 is 33.2 Å². The van der Waals surface area contributed by atoms with Gasteiger partial charge in [0.1, 0.15) is 10.7 Å². The molecule has 0 amide bonds. The largest absolute Gasteiger partial charge is 0.306 e. The molecule has 1 N–H and O–H groups in total. The van der Waals surface area contributed by atoms with Crippen LogP contribution in [-0.2, 0) is 13.0 Å². The lowest BCUT2D eigenvalue weighted by Crippen LogP contribution is -2.35. The lowest BCUT2D eigenvalue weighted by Gasteiger charge is -2.30. The number of rotatable bonds is 2. The van der Waals surface area contributed by atoms with Gasteiger partial charge >= 0.3 is 0 Å². The number of aromatic amines is 1. The van der Waals surface area contributed by atoms with E-state index >= 15 is 0 Å². The minimum absolute atomic E-state index is 0.0413. The molecule has 1 aliphatic heterocycles. The topological polar surface area (TPSA) is 49.0 Å². The zero-order chi connectivity index (χ0) is 16.8. The van der Waals surface area contributed by atoms with Crippen molar-refractivity contribution in [3.05, 3.63) is 50.1 Å². The normalized spacial score (nSPS) is 15.2. The highest BCUT2D eigenvalue weighted by Crippen LogP contribution is 2.33. The fraction of sp³-hybridized carbons (Fsp3) is 0.333. The molecule has 0 unspecified atom stereocenters. The predicted octanol–water partition coefficient (Wildman–Crippen LogP) is 4.07. The van der Waals surface area contributed by atoms with Crippen LogP contribution in [0.4, 0.5) is 0 Å².